The minimum Gasteiger partial charge on any atom is -0.337 e. The summed E-state index contributed by atoms with van der Waals surface area (Å²) in [5.74, 6) is -0.197. The number of aryl methyl sites for hydroxylation is 1. The predicted molar refractivity (Wildman–Crippen MR) is 86.3 cm³/mol. The molecule has 122 valence electrons. The van der Waals surface area contributed by atoms with Gasteiger partial charge in [0.2, 0.25) is 0 Å². The zero-order valence-corrected chi connectivity index (χ0v) is 13.2. The summed E-state index contributed by atoms with van der Waals surface area (Å²) >= 11 is 0. The Morgan fingerprint density at radius 2 is 1.83 bits per heavy atom. The lowest BCUT2D eigenvalue weighted by molar-refractivity contribution is 0.0789. The second kappa shape index (κ2) is 5.55. The Morgan fingerprint density at radius 1 is 1.12 bits per heavy atom. The number of carbonyl (C=O) groups is 1. The summed E-state index contributed by atoms with van der Waals surface area (Å²) in [6.45, 7) is 3.39. The third-order valence-corrected chi connectivity index (χ3v) is 4.23. The van der Waals surface area contributed by atoms with E-state index in [1.54, 1.807) is 17.0 Å². The molecule has 24 heavy (non-hydrogen) atoms. The van der Waals surface area contributed by atoms with Crippen molar-refractivity contribution >= 4 is 11.6 Å². The van der Waals surface area contributed by atoms with E-state index < -0.39 is 5.69 Å². The number of nitrogens with zero attached hydrogens (tertiary/aromatic N) is 6. The van der Waals surface area contributed by atoms with Crippen molar-refractivity contribution in [2.45, 2.75) is 19.8 Å². The Kier molecular flexibility index (Phi) is 3.37. The molecule has 3 heterocycles. The van der Waals surface area contributed by atoms with Crippen LogP contribution in [0.2, 0.25) is 0 Å². The third kappa shape index (κ3) is 2.27. The van der Waals surface area contributed by atoms with Gasteiger partial charge in [-0.15, -0.1) is 5.10 Å². The van der Waals surface area contributed by atoms with E-state index in [2.05, 4.69) is 15.3 Å². The average Bonchev–Trinajstić information content (AvgIpc) is 3.26. The summed E-state index contributed by atoms with van der Waals surface area (Å²) in [5, 5.41) is 8.03. The van der Waals surface area contributed by atoms with Gasteiger partial charge >= 0.3 is 5.69 Å². The number of fused-ring (bicyclic) bond motifs is 1. The predicted octanol–water partition coefficient (Wildman–Crippen LogP) is 0.820. The van der Waals surface area contributed by atoms with E-state index in [1.165, 1.54) is 15.4 Å². The van der Waals surface area contributed by atoms with Gasteiger partial charge in [0.15, 0.2) is 11.3 Å². The summed E-state index contributed by atoms with van der Waals surface area (Å²) in [7, 11) is 0. The zero-order chi connectivity index (χ0) is 16.7. The minimum absolute atomic E-state index is 0.178. The van der Waals surface area contributed by atoms with Gasteiger partial charge in [-0.2, -0.15) is 4.68 Å². The van der Waals surface area contributed by atoms with Crippen molar-refractivity contribution in [1.82, 2.24) is 29.3 Å². The molecular weight excluding hydrogens is 308 g/mol. The van der Waals surface area contributed by atoms with Gasteiger partial charge in [0.05, 0.1) is 5.69 Å². The lowest BCUT2D eigenvalue weighted by atomic mass is 10.2. The number of amides is 1. The van der Waals surface area contributed by atoms with Gasteiger partial charge in [-0.25, -0.2) is 14.2 Å². The third-order valence-electron chi connectivity index (χ3n) is 4.23. The van der Waals surface area contributed by atoms with Crippen LogP contribution in [0.4, 0.5) is 0 Å². The standard InChI is InChI=1S/C16H16N6O2/c1-11-4-6-12(7-5-11)22-16(24)21-10-17-13(14(21)18-19-22)15(23)20-8-2-3-9-20/h4-7,10H,2-3,8-9H2,1H3. The lowest BCUT2D eigenvalue weighted by Crippen LogP contribution is -2.30. The first kappa shape index (κ1) is 14.6. The van der Waals surface area contributed by atoms with Crippen molar-refractivity contribution in [3.63, 3.8) is 0 Å². The molecular formula is C16H16N6O2. The number of rotatable bonds is 2. The molecule has 1 amide bonds. The molecule has 3 aromatic rings. The molecule has 1 saturated heterocycles. The molecule has 0 aliphatic carbocycles. The molecule has 1 aromatic carbocycles. The van der Waals surface area contributed by atoms with Crippen LogP contribution in [-0.4, -0.2) is 48.3 Å². The second-order valence-electron chi connectivity index (χ2n) is 5.91. The first-order chi connectivity index (χ1) is 11.6. The van der Waals surface area contributed by atoms with Crippen molar-refractivity contribution in [2.75, 3.05) is 13.1 Å². The maximum absolute atomic E-state index is 12.6. The quantitative estimate of drug-likeness (QED) is 0.697. The van der Waals surface area contributed by atoms with Crippen molar-refractivity contribution in [3.05, 3.63) is 52.3 Å². The van der Waals surface area contributed by atoms with E-state index in [-0.39, 0.29) is 17.2 Å². The van der Waals surface area contributed by atoms with Crippen LogP contribution in [0.3, 0.4) is 0 Å². The molecule has 1 fully saturated rings. The topological polar surface area (TPSA) is 85.4 Å². The normalized spacial score (nSPS) is 14.5. The van der Waals surface area contributed by atoms with Crippen LogP contribution in [0.15, 0.2) is 35.4 Å². The van der Waals surface area contributed by atoms with Crippen LogP contribution in [-0.2, 0) is 0 Å². The van der Waals surface area contributed by atoms with Crippen molar-refractivity contribution < 1.29 is 4.79 Å². The maximum Gasteiger partial charge on any atom is 0.357 e. The van der Waals surface area contributed by atoms with E-state index in [0.717, 1.165) is 18.4 Å². The fourth-order valence-corrected chi connectivity index (χ4v) is 2.87. The van der Waals surface area contributed by atoms with Gasteiger partial charge < -0.3 is 4.90 Å². The number of imidazole rings is 1. The van der Waals surface area contributed by atoms with Crippen molar-refractivity contribution in [1.29, 1.82) is 0 Å². The molecule has 1 aliphatic heterocycles. The zero-order valence-electron chi connectivity index (χ0n) is 13.2. The summed E-state index contributed by atoms with van der Waals surface area (Å²) in [5.41, 5.74) is 1.66. The summed E-state index contributed by atoms with van der Waals surface area (Å²) in [4.78, 5) is 31.0. The van der Waals surface area contributed by atoms with Gasteiger partial charge in [0, 0.05) is 13.1 Å². The first-order valence-corrected chi connectivity index (χ1v) is 7.84. The molecule has 0 atom stereocenters. The number of aromatic nitrogens is 5. The highest BCUT2D eigenvalue weighted by Crippen LogP contribution is 2.14. The minimum atomic E-state index is -0.406. The molecule has 0 bridgehead atoms. The Bertz CT molecular complexity index is 966. The van der Waals surface area contributed by atoms with E-state index in [9.17, 15) is 9.59 Å². The van der Waals surface area contributed by atoms with Crippen LogP contribution in [0.5, 0.6) is 0 Å². The van der Waals surface area contributed by atoms with Crippen molar-refractivity contribution in [2.24, 2.45) is 0 Å². The highest BCUT2D eigenvalue weighted by Gasteiger charge is 2.25. The Hall–Kier alpha value is -3.03. The van der Waals surface area contributed by atoms with Gasteiger partial charge in [0.1, 0.15) is 6.33 Å². The molecule has 4 rings (SSSR count). The van der Waals surface area contributed by atoms with Crippen LogP contribution >= 0.6 is 0 Å². The number of hydrogen-bond donors (Lipinski definition) is 0. The van der Waals surface area contributed by atoms with Gasteiger partial charge in [0.25, 0.3) is 5.91 Å². The largest absolute Gasteiger partial charge is 0.357 e. The fourth-order valence-electron chi connectivity index (χ4n) is 2.87. The summed E-state index contributed by atoms with van der Waals surface area (Å²) < 4.78 is 2.45. The number of likely N-dealkylation sites (tertiary alicyclic amines) is 1. The van der Waals surface area contributed by atoms with Gasteiger partial charge in [-0.3, -0.25) is 4.79 Å². The Balaban J connectivity index is 1.79. The Labute approximate surface area is 137 Å². The van der Waals surface area contributed by atoms with E-state index >= 15 is 0 Å². The molecule has 8 nitrogen and oxygen atoms in total. The Morgan fingerprint density at radius 3 is 2.54 bits per heavy atom. The smallest absolute Gasteiger partial charge is 0.337 e. The molecule has 0 unspecified atom stereocenters. The maximum atomic E-state index is 12.6. The van der Waals surface area contributed by atoms with Gasteiger partial charge in [-0.1, -0.05) is 22.9 Å². The monoisotopic (exact) mass is 324 g/mol. The fraction of sp³-hybridized carbons (Fsp3) is 0.312. The molecule has 8 heteroatoms. The summed E-state index contributed by atoms with van der Waals surface area (Å²) in [6, 6.07) is 7.38. The highest BCUT2D eigenvalue weighted by molar-refractivity contribution is 5.97. The van der Waals surface area contributed by atoms with E-state index in [1.807, 2.05) is 19.1 Å². The number of benzene rings is 1. The van der Waals surface area contributed by atoms with Crippen LogP contribution in [0, 0.1) is 6.92 Å². The van der Waals surface area contributed by atoms with Crippen LogP contribution in [0.1, 0.15) is 28.9 Å². The molecule has 0 radical (unpaired) electrons. The average molecular weight is 324 g/mol. The molecule has 0 spiro atoms. The highest BCUT2D eigenvalue weighted by atomic mass is 16.2. The first-order valence-electron chi connectivity index (χ1n) is 7.84. The molecule has 0 N–H and O–H groups in total. The number of hydrogen-bond acceptors (Lipinski definition) is 5. The van der Waals surface area contributed by atoms with Gasteiger partial charge in [-0.05, 0) is 31.9 Å². The van der Waals surface area contributed by atoms with Crippen molar-refractivity contribution in [3.8, 4) is 5.69 Å². The summed E-state index contributed by atoms with van der Waals surface area (Å²) in [6.07, 6.45) is 3.31. The molecule has 2 aromatic heterocycles. The van der Waals surface area contributed by atoms with Crippen LogP contribution < -0.4 is 5.69 Å². The van der Waals surface area contributed by atoms with E-state index in [0.29, 0.717) is 18.8 Å². The second-order valence-corrected chi connectivity index (χ2v) is 5.91. The molecule has 1 aliphatic rings. The lowest BCUT2D eigenvalue weighted by Gasteiger charge is -2.13. The van der Waals surface area contributed by atoms with E-state index in [4.69, 9.17) is 0 Å². The number of carbonyl (C=O) groups excluding carboxylic acids is 1. The van der Waals surface area contributed by atoms with Crippen LogP contribution in [0.25, 0.3) is 11.3 Å². The SMILES string of the molecule is Cc1ccc(-n2nnc3c(C(=O)N4CCCC4)ncn3c2=O)cc1. The molecule has 0 saturated carbocycles.